The Hall–Kier alpha value is -2.03. The molecule has 0 amide bonds. The lowest BCUT2D eigenvalue weighted by molar-refractivity contribution is 0.101. The first-order valence-corrected chi connectivity index (χ1v) is 6.47. The topological polar surface area (TPSA) is 31.2 Å². The molecule has 0 N–H and O–H groups in total. The first-order valence-electron chi connectivity index (χ1n) is 6.47. The Bertz CT molecular complexity index is 592. The molecule has 2 aromatic rings. The molecule has 0 spiro atoms. The molecule has 1 aromatic carbocycles. The maximum atomic E-state index is 11.6. The van der Waals surface area contributed by atoms with Gasteiger partial charge in [0.1, 0.15) is 5.75 Å². The average Bonchev–Trinajstić information content (AvgIpc) is 2.70. The van der Waals surface area contributed by atoms with E-state index < -0.39 is 0 Å². The van der Waals surface area contributed by atoms with Crippen molar-refractivity contribution in [1.82, 2.24) is 4.57 Å². The Labute approximate surface area is 113 Å². The number of Topliss-reactive ketones (excluding diaryl/α,β-unsaturated/α-hetero) is 1. The maximum absolute atomic E-state index is 11.6. The number of ether oxygens (including phenoxy) is 1. The van der Waals surface area contributed by atoms with Crippen LogP contribution in [0.4, 0.5) is 0 Å². The van der Waals surface area contributed by atoms with E-state index in [1.165, 1.54) is 0 Å². The number of ketones is 1. The number of nitrogens with zero attached hydrogens (tertiary/aromatic N) is 1. The summed E-state index contributed by atoms with van der Waals surface area (Å²) < 4.78 is 7.78. The van der Waals surface area contributed by atoms with Gasteiger partial charge in [0.15, 0.2) is 5.78 Å². The molecule has 1 heterocycles. The molecule has 1 aromatic heterocycles. The predicted octanol–water partition coefficient (Wildman–Crippen LogP) is 3.70. The normalized spacial score (nSPS) is 10.5. The number of hydrogen-bond acceptors (Lipinski definition) is 2. The highest BCUT2D eigenvalue weighted by molar-refractivity contribution is 5.95. The summed E-state index contributed by atoms with van der Waals surface area (Å²) in [5.41, 5.74) is 3.87. The van der Waals surface area contributed by atoms with Gasteiger partial charge in [0.05, 0.1) is 12.3 Å². The van der Waals surface area contributed by atoms with E-state index in [0.29, 0.717) is 12.2 Å². The second-order valence-electron chi connectivity index (χ2n) is 4.62. The molecule has 0 aliphatic carbocycles. The summed E-state index contributed by atoms with van der Waals surface area (Å²) in [6.45, 7) is 8.23. The van der Waals surface area contributed by atoms with Crippen LogP contribution in [0.15, 0.2) is 30.3 Å². The highest BCUT2D eigenvalue weighted by Gasteiger charge is 2.12. The Morgan fingerprint density at radius 1 is 1.16 bits per heavy atom. The second-order valence-corrected chi connectivity index (χ2v) is 4.62. The SMILES string of the molecule is CCOc1ccc(C(C)=O)cc1-n1c(C)ccc1C. The zero-order valence-corrected chi connectivity index (χ0v) is 11.9. The third-order valence-corrected chi connectivity index (χ3v) is 3.18. The van der Waals surface area contributed by atoms with Crippen LogP contribution in [0, 0.1) is 13.8 Å². The van der Waals surface area contributed by atoms with Crippen LogP contribution in [0.5, 0.6) is 5.75 Å². The fraction of sp³-hybridized carbons (Fsp3) is 0.312. The van der Waals surface area contributed by atoms with E-state index in [-0.39, 0.29) is 5.78 Å². The third-order valence-electron chi connectivity index (χ3n) is 3.18. The van der Waals surface area contributed by atoms with E-state index in [1.807, 2.05) is 39.0 Å². The van der Waals surface area contributed by atoms with Gasteiger partial charge in [-0.05, 0) is 58.0 Å². The molecule has 100 valence electrons. The molecule has 0 aliphatic heterocycles. The van der Waals surface area contributed by atoms with Crippen molar-refractivity contribution in [2.75, 3.05) is 6.61 Å². The quantitative estimate of drug-likeness (QED) is 0.782. The standard InChI is InChI=1S/C16H19NO2/c1-5-19-16-9-8-14(13(4)18)10-15(16)17-11(2)6-7-12(17)3/h6-10H,5H2,1-4H3. The van der Waals surface area contributed by atoms with Crippen molar-refractivity contribution in [1.29, 1.82) is 0 Å². The van der Waals surface area contributed by atoms with Crippen LogP contribution in [0.1, 0.15) is 35.6 Å². The zero-order chi connectivity index (χ0) is 14.0. The summed E-state index contributed by atoms with van der Waals surface area (Å²) in [4.78, 5) is 11.6. The fourth-order valence-corrected chi connectivity index (χ4v) is 2.24. The molecule has 3 nitrogen and oxygen atoms in total. The van der Waals surface area contributed by atoms with Gasteiger partial charge in [0.2, 0.25) is 0 Å². The molecular formula is C16H19NO2. The highest BCUT2D eigenvalue weighted by atomic mass is 16.5. The van der Waals surface area contributed by atoms with Crippen molar-refractivity contribution in [2.45, 2.75) is 27.7 Å². The summed E-state index contributed by atoms with van der Waals surface area (Å²) in [6.07, 6.45) is 0. The van der Waals surface area contributed by atoms with Gasteiger partial charge in [-0.15, -0.1) is 0 Å². The van der Waals surface area contributed by atoms with E-state index in [0.717, 1.165) is 22.8 Å². The van der Waals surface area contributed by atoms with Gasteiger partial charge >= 0.3 is 0 Å². The van der Waals surface area contributed by atoms with Gasteiger partial charge in [0.25, 0.3) is 0 Å². The first-order chi connectivity index (χ1) is 9.04. The summed E-state index contributed by atoms with van der Waals surface area (Å²) in [7, 11) is 0. The number of hydrogen-bond donors (Lipinski definition) is 0. The fourth-order valence-electron chi connectivity index (χ4n) is 2.24. The van der Waals surface area contributed by atoms with Gasteiger partial charge in [-0.25, -0.2) is 0 Å². The molecule has 19 heavy (non-hydrogen) atoms. The Balaban J connectivity index is 2.64. The smallest absolute Gasteiger partial charge is 0.159 e. The lowest BCUT2D eigenvalue weighted by Gasteiger charge is -2.15. The summed E-state index contributed by atoms with van der Waals surface area (Å²) in [5, 5.41) is 0. The number of carbonyl (C=O) groups is 1. The van der Waals surface area contributed by atoms with Gasteiger partial charge < -0.3 is 9.30 Å². The Morgan fingerprint density at radius 2 is 1.79 bits per heavy atom. The number of carbonyl (C=O) groups excluding carboxylic acids is 1. The Kier molecular flexibility index (Phi) is 3.74. The van der Waals surface area contributed by atoms with Gasteiger partial charge in [-0.3, -0.25) is 4.79 Å². The highest BCUT2D eigenvalue weighted by Crippen LogP contribution is 2.28. The molecule has 0 unspecified atom stereocenters. The van der Waals surface area contributed by atoms with E-state index in [1.54, 1.807) is 6.92 Å². The van der Waals surface area contributed by atoms with E-state index in [2.05, 4.69) is 16.7 Å². The van der Waals surface area contributed by atoms with Crippen LogP contribution in [0.2, 0.25) is 0 Å². The average molecular weight is 257 g/mol. The minimum absolute atomic E-state index is 0.0618. The molecule has 3 heteroatoms. The summed E-state index contributed by atoms with van der Waals surface area (Å²) in [6, 6.07) is 9.70. The molecule has 0 fully saturated rings. The third kappa shape index (κ3) is 2.55. The molecular weight excluding hydrogens is 238 g/mol. The summed E-state index contributed by atoms with van der Waals surface area (Å²) in [5.74, 6) is 0.863. The largest absolute Gasteiger partial charge is 0.492 e. The van der Waals surface area contributed by atoms with E-state index in [9.17, 15) is 4.79 Å². The molecule has 0 aliphatic rings. The second kappa shape index (κ2) is 5.31. The molecule has 0 atom stereocenters. The van der Waals surface area contributed by atoms with Crippen molar-refractivity contribution in [3.05, 3.63) is 47.3 Å². The predicted molar refractivity (Wildman–Crippen MR) is 76.4 cm³/mol. The van der Waals surface area contributed by atoms with Crippen molar-refractivity contribution < 1.29 is 9.53 Å². The lowest BCUT2D eigenvalue weighted by Crippen LogP contribution is -2.05. The zero-order valence-electron chi connectivity index (χ0n) is 11.9. The number of rotatable bonds is 4. The van der Waals surface area contributed by atoms with Crippen LogP contribution in [-0.4, -0.2) is 17.0 Å². The van der Waals surface area contributed by atoms with Crippen LogP contribution in [0.3, 0.4) is 0 Å². The van der Waals surface area contributed by atoms with E-state index in [4.69, 9.17) is 4.74 Å². The van der Waals surface area contributed by atoms with Crippen molar-refractivity contribution in [2.24, 2.45) is 0 Å². The number of aromatic nitrogens is 1. The molecule has 0 bridgehead atoms. The first kappa shape index (κ1) is 13.4. The lowest BCUT2D eigenvalue weighted by atomic mass is 10.1. The van der Waals surface area contributed by atoms with Crippen molar-refractivity contribution in [3.8, 4) is 11.4 Å². The van der Waals surface area contributed by atoms with Crippen molar-refractivity contribution in [3.63, 3.8) is 0 Å². The van der Waals surface area contributed by atoms with Crippen LogP contribution in [0.25, 0.3) is 5.69 Å². The van der Waals surface area contributed by atoms with Gasteiger partial charge in [-0.2, -0.15) is 0 Å². The monoisotopic (exact) mass is 257 g/mol. The van der Waals surface area contributed by atoms with Crippen LogP contribution >= 0.6 is 0 Å². The minimum atomic E-state index is 0.0618. The number of aryl methyl sites for hydroxylation is 2. The van der Waals surface area contributed by atoms with Crippen LogP contribution in [-0.2, 0) is 0 Å². The molecule has 2 rings (SSSR count). The maximum Gasteiger partial charge on any atom is 0.159 e. The number of benzene rings is 1. The van der Waals surface area contributed by atoms with E-state index >= 15 is 0 Å². The molecule has 0 saturated heterocycles. The summed E-state index contributed by atoms with van der Waals surface area (Å²) >= 11 is 0. The Morgan fingerprint density at radius 3 is 2.32 bits per heavy atom. The van der Waals surface area contributed by atoms with Gasteiger partial charge in [0, 0.05) is 17.0 Å². The van der Waals surface area contributed by atoms with Crippen molar-refractivity contribution >= 4 is 5.78 Å². The molecule has 0 radical (unpaired) electrons. The van der Waals surface area contributed by atoms with Gasteiger partial charge in [-0.1, -0.05) is 0 Å². The minimum Gasteiger partial charge on any atom is -0.492 e. The van der Waals surface area contributed by atoms with Crippen LogP contribution < -0.4 is 4.74 Å². The molecule has 0 saturated carbocycles.